The molecule has 0 aromatic heterocycles. The number of amides is 4. The van der Waals surface area contributed by atoms with Crippen molar-refractivity contribution in [2.24, 2.45) is 17.8 Å². The standard InChI is InChI=1S/C33H22BCl2F5N2O8/c1-51-14-5-6-16(19(44)10-14)21-15-7-8-17-20(29(46)42(28(17)45)13-4-2-3-12(9-13)34(49)50)18(15)11-32(35)30(47)43(31(48)33(21,32)36)27-25(40)23(38)22(37)24(39)26(27)41/h2-7,9-10,17-18,20-21,44,49-50H,8,11H2,1H3/t17-,18+,20-,21+,32+,33-/m0/s1. The summed E-state index contributed by atoms with van der Waals surface area (Å²) in [4.78, 5) is 51.6. The SMILES string of the molecule is COc1ccc([C@H]2C3=CC[C@@H]4C(=O)N(c5cccc(B(O)O)c5)C(=O)[C@@H]4[C@@H]3C[C@@]3(Cl)C(=O)N(c4c(F)c(F)c(F)c(F)c4F)C(=O)[C@@]23Cl)c(O)c1. The fourth-order valence-corrected chi connectivity index (χ4v) is 8.81. The molecule has 2 aliphatic heterocycles. The van der Waals surface area contributed by atoms with Crippen LogP contribution in [0.25, 0.3) is 0 Å². The van der Waals surface area contributed by atoms with Crippen LogP contribution in [0.15, 0.2) is 54.1 Å². The molecule has 4 amide bonds. The van der Waals surface area contributed by atoms with E-state index in [0.717, 1.165) is 11.0 Å². The normalized spacial score (nSPS) is 28.5. The predicted molar refractivity (Wildman–Crippen MR) is 170 cm³/mol. The van der Waals surface area contributed by atoms with Crippen molar-refractivity contribution in [1.29, 1.82) is 0 Å². The second kappa shape index (κ2) is 11.8. The molecular weight excluding hydrogens is 729 g/mol. The molecule has 7 rings (SSSR count). The summed E-state index contributed by atoms with van der Waals surface area (Å²) in [6.07, 6.45) is 0.596. The summed E-state index contributed by atoms with van der Waals surface area (Å²) in [5, 5.41) is 30.6. The fraction of sp³-hybridized carbons (Fsp3) is 0.273. The highest BCUT2D eigenvalue weighted by atomic mass is 35.5. The van der Waals surface area contributed by atoms with Crippen LogP contribution in [0.2, 0.25) is 0 Å². The molecule has 3 N–H and O–H groups in total. The summed E-state index contributed by atoms with van der Waals surface area (Å²) >= 11 is 14.2. The largest absolute Gasteiger partial charge is 0.508 e. The van der Waals surface area contributed by atoms with Gasteiger partial charge in [0.25, 0.3) is 11.8 Å². The Morgan fingerprint density at radius 1 is 0.843 bits per heavy atom. The Labute approximate surface area is 294 Å². The van der Waals surface area contributed by atoms with Crippen LogP contribution in [0, 0.1) is 46.8 Å². The molecule has 10 nitrogen and oxygen atoms in total. The minimum atomic E-state index is -2.82. The quantitative estimate of drug-likeness (QED) is 0.0684. The van der Waals surface area contributed by atoms with Gasteiger partial charge in [0.15, 0.2) is 33.0 Å². The van der Waals surface area contributed by atoms with Crippen molar-refractivity contribution in [1.82, 2.24) is 0 Å². The van der Waals surface area contributed by atoms with E-state index in [1.165, 1.54) is 49.6 Å². The monoisotopic (exact) mass is 750 g/mol. The van der Waals surface area contributed by atoms with Crippen molar-refractivity contribution in [2.45, 2.75) is 28.5 Å². The maximum absolute atomic E-state index is 15.2. The highest BCUT2D eigenvalue weighted by molar-refractivity contribution is 6.59. The molecule has 2 heterocycles. The lowest BCUT2D eigenvalue weighted by molar-refractivity contribution is -0.125. The Balaban J connectivity index is 1.43. The van der Waals surface area contributed by atoms with Gasteiger partial charge < -0.3 is 19.9 Å². The Morgan fingerprint density at radius 3 is 2.10 bits per heavy atom. The molecule has 3 aromatic rings. The van der Waals surface area contributed by atoms with Crippen molar-refractivity contribution in [3.8, 4) is 11.5 Å². The molecular formula is C33H22BCl2F5N2O8. The molecule has 264 valence electrons. The van der Waals surface area contributed by atoms with Crippen LogP contribution in [0.4, 0.5) is 33.3 Å². The van der Waals surface area contributed by atoms with Crippen molar-refractivity contribution < 1.29 is 61.0 Å². The van der Waals surface area contributed by atoms with Gasteiger partial charge in [0.1, 0.15) is 17.2 Å². The molecule has 1 saturated carbocycles. The molecule has 0 spiro atoms. The van der Waals surface area contributed by atoms with E-state index in [1.54, 1.807) is 0 Å². The van der Waals surface area contributed by atoms with Crippen LogP contribution in [-0.2, 0) is 19.2 Å². The average molecular weight is 751 g/mol. The molecule has 4 aliphatic rings. The Hall–Kier alpha value is -4.51. The van der Waals surface area contributed by atoms with Gasteiger partial charge in [-0.2, -0.15) is 0 Å². The van der Waals surface area contributed by atoms with Gasteiger partial charge in [-0.05, 0) is 42.4 Å². The topological polar surface area (TPSA) is 145 Å². The number of anilines is 2. The van der Waals surface area contributed by atoms with E-state index < -0.39 is 111 Å². The first-order chi connectivity index (χ1) is 24.0. The van der Waals surface area contributed by atoms with Gasteiger partial charge >= 0.3 is 7.12 Å². The molecule has 0 bridgehead atoms. The fourth-order valence-electron chi connectivity index (χ4n) is 7.89. The Morgan fingerprint density at radius 2 is 1.49 bits per heavy atom. The molecule has 2 aliphatic carbocycles. The number of phenolic OH excluding ortho intramolecular Hbond substituents is 1. The van der Waals surface area contributed by atoms with Gasteiger partial charge in [0.2, 0.25) is 17.6 Å². The van der Waals surface area contributed by atoms with E-state index in [1.807, 2.05) is 0 Å². The smallest absolute Gasteiger partial charge is 0.488 e. The lowest BCUT2D eigenvalue weighted by atomic mass is 9.56. The van der Waals surface area contributed by atoms with E-state index in [9.17, 15) is 47.5 Å². The summed E-state index contributed by atoms with van der Waals surface area (Å²) in [7, 11) is -0.655. The summed E-state index contributed by atoms with van der Waals surface area (Å²) in [5.74, 6) is -23.1. The zero-order valence-electron chi connectivity index (χ0n) is 25.8. The Kier molecular flexibility index (Phi) is 8.06. The lowest BCUT2D eigenvalue weighted by Gasteiger charge is -2.50. The molecule has 2 saturated heterocycles. The summed E-state index contributed by atoms with van der Waals surface area (Å²) in [5.41, 5.74) is -2.02. The first-order valence-corrected chi connectivity index (χ1v) is 16.0. The highest BCUT2D eigenvalue weighted by Gasteiger charge is 2.77. The second-order valence-electron chi connectivity index (χ2n) is 12.6. The number of rotatable bonds is 5. The van der Waals surface area contributed by atoms with Crippen LogP contribution < -0.4 is 20.0 Å². The van der Waals surface area contributed by atoms with E-state index in [2.05, 4.69) is 0 Å². The van der Waals surface area contributed by atoms with E-state index in [-0.39, 0.29) is 39.4 Å². The number of halogens is 7. The summed E-state index contributed by atoms with van der Waals surface area (Å²) < 4.78 is 78.4. The molecule has 51 heavy (non-hydrogen) atoms. The van der Waals surface area contributed by atoms with Crippen molar-refractivity contribution in [3.05, 3.63) is 88.8 Å². The van der Waals surface area contributed by atoms with Crippen molar-refractivity contribution in [2.75, 3.05) is 16.9 Å². The maximum atomic E-state index is 15.2. The number of methoxy groups -OCH3 is 1. The van der Waals surface area contributed by atoms with Gasteiger partial charge in [-0.1, -0.05) is 29.8 Å². The minimum absolute atomic E-state index is 0.0106. The molecule has 0 unspecified atom stereocenters. The summed E-state index contributed by atoms with van der Waals surface area (Å²) in [6, 6.07) is 9.03. The van der Waals surface area contributed by atoms with Gasteiger partial charge in [0, 0.05) is 17.5 Å². The van der Waals surface area contributed by atoms with E-state index in [0.29, 0.717) is 0 Å². The first kappa shape index (κ1) is 34.9. The lowest BCUT2D eigenvalue weighted by Crippen LogP contribution is -2.60. The van der Waals surface area contributed by atoms with Gasteiger partial charge in [-0.15, -0.1) is 23.2 Å². The van der Waals surface area contributed by atoms with Crippen LogP contribution >= 0.6 is 23.2 Å². The predicted octanol–water partition coefficient (Wildman–Crippen LogP) is 3.54. The van der Waals surface area contributed by atoms with E-state index >= 15 is 8.78 Å². The molecule has 3 fully saturated rings. The van der Waals surface area contributed by atoms with Crippen molar-refractivity contribution in [3.63, 3.8) is 0 Å². The number of allylic oxidation sites excluding steroid dienone is 2. The molecule has 6 atom stereocenters. The van der Waals surface area contributed by atoms with Crippen LogP contribution in [0.5, 0.6) is 11.5 Å². The van der Waals surface area contributed by atoms with Crippen LogP contribution in [-0.4, -0.2) is 62.8 Å². The first-order valence-electron chi connectivity index (χ1n) is 15.2. The molecule has 3 aromatic carbocycles. The molecule has 0 radical (unpaired) electrons. The van der Waals surface area contributed by atoms with Crippen LogP contribution in [0.3, 0.4) is 0 Å². The van der Waals surface area contributed by atoms with Gasteiger partial charge in [-0.3, -0.25) is 24.1 Å². The third-order valence-electron chi connectivity index (χ3n) is 10.2. The number of aromatic hydroxyl groups is 1. The number of nitrogens with zero attached hydrogens (tertiary/aromatic N) is 2. The van der Waals surface area contributed by atoms with Gasteiger partial charge in [0.05, 0.1) is 24.6 Å². The highest BCUT2D eigenvalue weighted by Crippen LogP contribution is 2.66. The summed E-state index contributed by atoms with van der Waals surface area (Å²) in [6.45, 7) is 0. The van der Waals surface area contributed by atoms with Crippen molar-refractivity contribution >= 4 is 70.8 Å². The van der Waals surface area contributed by atoms with Crippen LogP contribution in [0.1, 0.15) is 24.3 Å². The van der Waals surface area contributed by atoms with E-state index in [4.69, 9.17) is 27.9 Å². The number of carbonyl (C=O) groups excluding carboxylic acids is 4. The number of ether oxygens (including phenoxy) is 1. The zero-order valence-corrected chi connectivity index (χ0v) is 27.4. The number of carbonyl (C=O) groups is 4. The zero-order chi connectivity index (χ0) is 37.1. The minimum Gasteiger partial charge on any atom is -0.508 e. The average Bonchev–Trinajstić information content (AvgIpc) is 3.44. The Bertz CT molecular complexity index is 2110. The number of fused-ring (bicyclic) bond motifs is 4. The number of hydrogen-bond donors (Lipinski definition) is 3. The maximum Gasteiger partial charge on any atom is 0.488 e. The number of hydrogen-bond acceptors (Lipinski definition) is 8. The number of benzene rings is 3. The third-order valence-corrected chi connectivity index (χ3v) is 11.6. The molecule has 18 heteroatoms. The number of phenols is 1. The second-order valence-corrected chi connectivity index (χ2v) is 13.8. The third kappa shape index (κ3) is 4.55. The van der Waals surface area contributed by atoms with Gasteiger partial charge in [-0.25, -0.2) is 26.9 Å². The number of imide groups is 2. The number of alkyl halides is 2.